The van der Waals surface area contributed by atoms with Crippen LogP contribution in [0.1, 0.15) is 32.1 Å². The molecule has 90 valence electrons. The Morgan fingerprint density at radius 3 is 2.56 bits per heavy atom. The van der Waals surface area contributed by atoms with Gasteiger partial charge < -0.3 is 9.47 Å². The Balaban J connectivity index is 2.16. The van der Waals surface area contributed by atoms with E-state index < -0.39 is 5.41 Å². The van der Waals surface area contributed by atoms with Crippen molar-refractivity contribution < 1.29 is 19.1 Å². The molecule has 0 amide bonds. The molecule has 0 aromatic rings. The highest BCUT2D eigenvalue weighted by Crippen LogP contribution is 2.54. The van der Waals surface area contributed by atoms with E-state index in [1.807, 2.05) is 0 Å². The van der Waals surface area contributed by atoms with Gasteiger partial charge in [0.1, 0.15) is 0 Å². The van der Waals surface area contributed by atoms with E-state index in [9.17, 15) is 9.59 Å². The predicted octanol–water partition coefficient (Wildman–Crippen LogP) is 1.53. The van der Waals surface area contributed by atoms with E-state index in [2.05, 4.69) is 0 Å². The second-order valence-electron chi connectivity index (χ2n) is 5.04. The van der Waals surface area contributed by atoms with Crippen molar-refractivity contribution >= 4 is 11.9 Å². The maximum Gasteiger partial charge on any atom is 0.311 e. The van der Waals surface area contributed by atoms with Crippen LogP contribution in [-0.2, 0) is 19.1 Å². The Morgan fingerprint density at radius 1 is 1.19 bits per heavy atom. The quantitative estimate of drug-likeness (QED) is 0.670. The maximum absolute atomic E-state index is 11.8. The number of fused-ring (bicyclic) bond motifs is 2. The summed E-state index contributed by atoms with van der Waals surface area (Å²) in [6.45, 7) is 0. The van der Waals surface area contributed by atoms with E-state index in [1.54, 1.807) is 0 Å². The van der Waals surface area contributed by atoms with Gasteiger partial charge in [0.25, 0.3) is 0 Å². The van der Waals surface area contributed by atoms with Crippen molar-refractivity contribution in [2.75, 3.05) is 14.2 Å². The van der Waals surface area contributed by atoms with Crippen LogP contribution < -0.4 is 0 Å². The minimum atomic E-state index is -0.406. The van der Waals surface area contributed by atoms with Crippen LogP contribution >= 0.6 is 0 Å². The highest BCUT2D eigenvalue weighted by Gasteiger charge is 2.52. The minimum Gasteiger partial charge on any atom is -0.469 e. The van der Waals surface area contributed by atoms with Gasteiger partial charge in [0.05, 0.1) is 25.6 Å². The molecule has 2 aliphatic rings. The van der Waals surface area contributed by atoms with Crippen molar-refractivity contribution in [1.29, 1.82) is 0 Å². The molecule has 0 aromatic carbocycles. The number of carbonyl (C=O) groups is 2. The number of rotatable bonds is 2. The van der Waals surface area contributed by atoms with Crippen molar-refractivity contribution in [3.63, 3.8) is 0 Å². The Kier molecular flexibility index (Phi) is 2.91. The Morgan fingerprint density at radius 2 is 1.94 bits per heavy atom. The topological polar surface area (TPSA) is 52.6 Å². The standard InChI is InChI=1S/C12H18O4/c1-15-10(13)9-5-8-3-4-12(6-8,7-9)11(14)16-2/h8-9H,3-7H2,1-2H3. The van der Waals surface area contributed by atoms with Crippen molar-refractivity contribution in [3.8, 4) is 0 Å². The van der Waals surface area contributed by atoms with Gasteiger partial charge in [-0.25, -0.2) is 0 Å². The molecule has 0 heterocycles. The molecule has 2 bridgehead atoms. The Bertz CT molecular complexity index is 312. The number of hydrogen-bond acceptors (Lipinski definition) is 4. The number of ether oxygens (including phenoxy) is 2. The average molecular weight is 226 g/mol. The van der Waals surface area contributed by atoms with Crippen LogP contribution in [0.15, 0.2) is 0 Å². The molecular formula is C12H18O4. The number of carbonyl (C=O) groups excluding carboxylic acids is 2. The van der Waals surface area contributed by atoms with Crippen LogP contribution in [0.5, 0.6) is 0 Å². The monoisotopic (exact) mass is 226 g/mol. The van der Waals surface area contributed by atoms with Gasteiger partial charge in [0.15, 0.2) is 0 Å². The van der Waals surface area contributed by atoms with Gasteiger partial charge in [-0.15, -0.1) is 0 Å². The van der Waals surface area contributed by atoms with Gasteiger partial charge in [0.2, 0.25) is 0 Å². The van der Waals surface area contributed by atoms with Crippen LogP contribution in [-0.4, -0.2) is 26.2 Å². The van der Waals surface area contributed by atoms with Crippen LogP contribution in [0.25, 0.3) is 0 Å². The molecule has 2 saturated carbocycles. The summed E-state index contributed by atoms with van der Waals surface area (Å²) in [4.78, 5) is 23.4. The molecule has 0 saturated heterocycles. The molecule has 0 spiro atoms. The third-order valence-electron chi connectivity index (χ3n) is 4.12. The fourth-order valence-electron chi connectivity index (χ4n) is 3.41. The lowest BCUT2D eigenvalue weighted by Gasteiger charge is -2.34. The van der Waals surface area contributed by atoms with Gasteiger partial charge in [-0.1, -0.05) is 0 Å². The average Bonchev–Trinajstić information content (AvgIpc) is 2.63. The van der Waals surface area contributed by atoms with E-state index in [-0.39, 0.29) is 17.9 Å². The first kappa shape index (κ1) is 11.4. The molecule has 2 aliphatic carbocycles. The SMILES string of the molecule is COC(=O)C1CC2CCC(C(=O)OC)(C2)C1. The van der Waals surface area contributed by atoms with Crippen LogP contribution in [0.3, 0.4) is 0 Å². The fraction of sp³-hybridized carbons (Fsp3) is 0.833. The zero-order chi connectivity index (χ0) is 11.8. The molecule has 4 heteroatoms. The van der Waals surface area contributed by atoms with Crippen LogP contribution in [0.4, 0.5) is 0 Å². The van der Waals surface area contributed by atoms with Gasteiger partial charge in [-0.05, 0) is 38.0 Å². The van der Waals surface area contributed by atoms with E-state index in [1.165, 1.54) is 14.2 Å². The molecule has 3 atom stereocenters. The number of methoxy groups -OCH3 is 2. The summed E-state index contributed by atoms with van der Waals surface area (Å²) in [5, 5.41) is 0. The maximum atomic E-state index is 11.8. The first-order chi connectivity index (χ1) is 7.61. The summed E-state index contributed by atoms with van der Waals surface area (Å²) < 4.78 is 9.66. The molecular weight excluding hydrogens is 208 g/mol. The Hall–Kier alpha value is -1.06. The molecule has 2 rings (SSSR count). The highest BCUT2D eigenvalue weighted by molar-refractivity contribution is 5.80. The zero-order valence-electron chi connectivity index (χ0n) is 9.82. The largest absolute Gasteiger partial charge is 0.469 e. The van der Waals surface area contributed by atoms with Crippen LogP contribution in [0, 0.1) is 17.3 Å². The summed E-state index contributed by atoms with van der Waals surface area (Å²) in [7, 11) is 2.83. The molecule has 0 aromatic heterocycles. The summed E-state index contributed by atoms with van der Waals surface area (Å²) in [5.41, 5.74) is -0.406. The van der Waals surface area contributed by atoms with Crippen molar-refractivity contribution in [2.45, 2.75) is 32.1 Å². The first-order valence-electron chi connectivity index (χ1n) is 5.77. The minimum absolute atomic E-state index is 0.120. The third-order valence-corrected chi connectivity index (χ3v) is 4.12. The lowest BCUT2D eigenvalue weighted by molar-refractivity contribution is -0.158. The number of esters is 2. The van der Waals surface area contributed by atoms with Gasteiger partial charge in [0, 0.05) is 0 Å². The molecule has 16 heavy (non-hydrogen) atoms. The Labute approximate surface area is 95.3 Å². The number of hydrogen-bond donors (Lipinski definition) is 0. The van der Waals surface area contributed by atoms with Gasteiger partial charge >= 0.3 is 11.9 Å². The zero-order valence-corrected chi connectivity index (χ0v) is 9.82. The van der Waals surface area contributed by atoms with E-state index in [0.29, 0.717) is 12.3 Å². The van der Waals surface area contributed by atoms with Crippen LogP contribution in [0.2, 0.25) is 0 Å². The summed E-state index contributed by atoms with van der Waals surface area (Å²) >= 11 is 0. The van der Waals surface area contributed by atoms with Crippen molar-refractivity contribution in [3.05, 3.63) is 0 Å². The van der Waals surface area contributed by atoms with E-state index >= 15 is 0 Å². The third kappa shape index (κ3) is 1.70. The first-order valence-corrected chi connectivity index (χ1v) is 5.77. The van der Waals surface area contributed by atoms with Crippen molar-refractivity contribution in [1.82, 2.24) is 0 Å². The highest BCUT2D eigenvalue weighted by atomic mass is 16.5. The van der Waals surface area contributed by atoms with Gasteiger partial charge in [-0.3, -0.25) is 9.59 Å². The predicted molar refractivity (Wildman–Crippen MR) is 56.5 cm³/mol. The summed E-state index contributed by atoms with van der Waals surface area (Å²) in [5.74, 6) is 0.0331. The lowest BCUT2D eigenvalue weighted by Crippen LogP contribution is -2.38. The molecule has 2 fully saturated rings. The molecule has 4 nitrogen and oxygen atoms in total. The molecule has 3 unspecified atom stereocenters. The van der Waals surface area contributed by atoms with E-state index in [0.717, 1.165) is 25.7 Å². The second-order valence-corrected chi connectivity index (χ2v) is 5.04. The molecule has 0 N–H and O–H groups in total. The molecule has 0 radical (unpaired) electrons. The lowest BCUT2D eigenvalue weighted by atomic mass is 9.71. The molecule has 0 aliphatic heterocycles. The normalized spacial score (nSPS) is 36.9. The summed E-state index contributed by atoms with van der Waals surface area (Å²) in [6, 6.07) is 0. The van der Waals surface area contributed by atoms with E-state index in [4.69, 9.17) is 9.47 Å². The van der Waals surface area contributed by atoms with Crippen molar-refractivity contribution in [2.24, 2.45) is 17.3 Å². The second kappa shape index (κ2) is 4.07. The van der Waals surface area contributed by atoms with Gasteiger partial charge in [-0.2, -0.15) is 0 Å². The smallest absolute Gasteiger partial charge is 0.311 e. The fourth-order valence-corrected chi connectivity index (χ4v) is 3.41. The summed E-state index contributed by atoms with van der Waals surface area (Å²) in [6.07, 6.45) is 4.24.